The van der Waals surface area contributed by atoms with Crippen molar-refractivity contribution in [3.8, 4) is 0 Å². The molecule has 0 fully saturated rings. The lowest BCUT2D eigenvalue weighted by atomic mass is 10.1. The number of amides is 1. The third-order valence-corrected chi connectivity index (χ3v) is 4.20. The Labute approximate surface area is 187 Å². The van der Waals surface area contributed by atoms with E-state index in [0.717, 1.165) is 38.5 Å². The Morgan fingerprint density at radius 2 is 1.13 bits per heavy atom. The van der Waals surface area contributed by atoms with Crippen molar-refractivity contribution in [2.45, 2.75) is 77.4 Å². The normalized spacial score (nSPS) is 14.7. The number of carbonyl (C=O) groups is 2. The van der Waals surface area contributed by atoms with Gasteiger partial charge in [0.1, 0.15) is 0 Å². The fourth-order valence-electron chi connectivity index (χ4n) is 2.49. The molecular formula is C26H39NO4. The molecule has 5 nitrogen and oxygen atoms in total. The maximum Gasteiger partial charge on any atom is 0.328 e. The minimum Gasteiger partial charge on any atom is -0.480 e. The summed E-state index contributed by atoms with van der Waals surface area (Å²) in [5.74, 6) is -1.62. The zero-order chi connectivity index (χ0) is 23.2. The van der Waals surface area contributed by atoms with E-state index >= 15 is 0 Å². The molecule has 0 rings (SSSR count). The van der Waals surface area contributed by atoms with Gasteiger partial charge in [0, 0.05) is 6.42 Å². The van der Waals surface area contributed by atoms with Gasteiger partial charge in [0.15, 0.2) is 6.04 Å². The topological polar surface area (TPSA) is 86.6 Å². The van der Waals surface area contributed by atoms with Crippen LogP contribution in [0.2, 0.25) is 0 Å². The van der Waals surface area contributed by atoms with Crippen LogP contribution in [0.4, 0.5) is 0 Å². The van der Waals surface area contributed by atoms with Gasteiger partial charge in [-0.25, -0.2) is 4.79 Å². The van der Waals surface area contributed by atoms with E-state index in [2.05, 4.69) is 73.0 Å². The van der Waals surface area contributed by atoms with E-state index in [1.165, 1.54) is 6.92 Å². The summed E-state index contributed by atoms with van der Waals surface area (Å²) in [7, 11) is 0. The number of nitrogens with one attached hydrogen (secondary N) is 1. The molecule has 3 N–H and O–H groups in total. The monoisotopic (exact) mass is 429 g/mol. The first-order valence-corrected chi connectivity index (χ1v) is 11.1. The zero-order valence-corrected chi connectivity index (χ0v) is 19.0. The lowest BCUT2D eigenvalue weighted by Gasteiger charge is -2.16. The number of carboxylic acid groups (broad SMARTS) is 1. The molecule has 0 radical (unpaired) electrons. The zero-order valence-electron chi connectivity index (χ0n) is 19.0. The second-order valence-electron chi connectivity index (χ2n) is 7.08. The summed E-state index contributed by atoms with van der Waals surface area (Å²) < 4.78 is 0. The Balaban J connectivity index is 3.76. The van der Waals surface area contributed by atoms with Crippen LogP contribution in [0.25, 0.3) is 0 Å². The fourth-order valence-corrected chi connectivity index (χ4v) is 2.49. The van der Waals surface area contributed by atoms with Crippen LogP contribution in [0, 0.1) is 0 Å². The largest absolute Gasteiger partial charge is 0.480 e. The van der Waals surface area contributed by atoms with Crippen molar-refractivity contribution in [2.24, 2.45) is 0 Å². The molecule has 31 heavy (non-hydrogen) atoms. The number of aliphatic carboxylic acids is 1. The minimum absolute atomic E-state index is 0.193. The first-order chi connectivity index (χ1) is 15.0. The molecule has 0 heterocycles. The molecule has 0 aliphatic rings. The molecule has 1 amide bonds. The molecule has 0 unspecified atom stereocenters. The Morgan fingerprint density at radius 1 is 0.742 bits per heavy atom. The number of hydrogen-bond acceptors (Lipinski definition) is 3. The van der Waals surface area contributed by atoms with Crippen LogP contribution in [-0.4, -0.2) is 34.2 Å². The summed E-state index contributed by atoms with van der Waals surface area (Å²) in [5, 5.41) is 20.6. The smallest absolute Gasteiger partial charge is 0.328 e. The Hall–Kier alpha value is -2.66. The third-order valence-electron chi connectivity index (χ3n) is 4.20. The molecule has 0 saturated carbocycles. The molecule has 0 bridgehead atoms. The molecule has 172 valence electrons. The highest BCUT2D eigenvalue weighted by atomic mass is 16.4. The van der Waals surface area contributed by atoms with Crippen LogP contribution in [0.15, 0.2) is 72.9 Å². The molecule has 0 aromatic rings. The van der Waals surface area contributed by atoms with Crippen LogP contribution < -0.4 is 5.32 Å². The summed E-state index contributed by atoms with van der Waals surface area (Å²) in [4.78, 5) is 22.6. The van der Waals surface area contributed by atoms with Crippen molar-refractivity contribution in [3.63, 3.8) is 0 Å². The maximum absolute atomic E-state index is 11.7. The van der Waals surface area contributed by atoms with Crippen LogP contribution in [-0.2, 0) is 9.59 Å². The second kappa shape index (κ2) is 20.6. The molecule has 0 aromatic heterocycles. The predicted molar refractivity (Wildman–Crippen MR) is 129 cm³/mol. The van der Waals surface area contributed by atoms with Gasteiger partial charge < -0.3 is 15.5 Å². The first kappa shape index (κ1) is 28.3. The number of hydrogen-bond donors (Lipinski definition) is 3. The molecule has 5 heteroatoms. The van der Waals surface area contributed by atoms with E-state index in [1.54, 1.807) is 0 Å². The fraction of sp³-hybridized carbons (Fsp3) is 0.462. The van der Waals surface area contributed by atoms with E-state index < -0.39 is 18.1 Å². The SMILES string of the molecule is CC/C=C\C/C=C\C/C=C\C/C=C\C/C=C\C/C=C\CCC(=O)N[C@H](C(=O)O)[C@@H](C)O. The number of carboxylic acids is 1. The Bertz CT molecular complexity index is 654. The lowest BCUT2D eigenvalue weighted by Crippen LogP contribution is -2.47. The third kappa shape index (κ3) is 19.1. The Kier molecular flexibility index (Phi) is 18.8. The highest BCUT2D eigenvalue weighted by Crippen LogP contribution is 1.99. The van der Waals surface area contributed by atoms with Crippen LogP contribution in [0.3, 0.4) is 0 Å². The number of aliphatic hydroxyl groups excluding tert-OH is 1. The molecule has 0 aliphatic heterocycles. The Morgan fingerprint density at radius 3 is 1.48 bits per heavy atom. The van der Waals surface area contributed by atoms with E-state index in [1.807, 2.05) is 12.2 Å². The average molecular weight is 430 g/mol. The molecule has 0 aliphatic carbocycles. The lowest BCUT2D eigenvalue weighted by molar-refractivity contribution is -0.144. The van der Waals surface area contributed by atoms with Crippen LogP contribution >= 0.6 is 0 Å². The second-order valence-corrected chi connectivity index (χ2v) is 7.08. The summed E-state index contributed by atoms with van der Waals surface area (Å²) in [6, 6.07) is -1.27. The van der Waals surface area contributed by atoms with Crippen molar-refractivity contribution in [1.82, 2.24) is 5.32 Å². The van der Waals surface area contributed by atoms with Gasteiger partial charge >= 0.3 is 5.97 Å². The maximum atomic E-state index is 11.7. The standard InChI is InChI=1S/C26H39NO4/c1-3-4-5-6-7-8-9-10-11-12-13-14-15-16-17-18-19-20-21-22-24(29)27-25(23(2)28)26(30)31/h4-5,7-8,10-11,13-14,16-17,19-20,23,25,28H,3,6,9,12,15,18,21-22H2,1-2H3,(H,27,29)(H,30,31)/b5-4-,8-7-,11-10-,14-13-,17-16-,20-19-/t23-,25+/m1/s1. The number of rotatable bonds is 17. The summed E-state index contributed by atoms with van der Waals surface area (Å²) >= 11 is 0. The van der Waals surface area contributed by atoms with Gasteiger partial charge in [-0.2, -0.15) is 0 Å². The van der Waals surface area contributed by atoms with Crippen molar-refractivity contribution in [3.05, 3.63) is 72.9 Å². The number of allylic oxidation sites excluding steroid dienone is 12. The van der Waals surface area contributed by atoms with Crippen molar-refractivity contribution < 1.29 is 19.8 Å². The predicted octanol–water partition coefficient (Wildman–Crippen LogP) is 5.41. The molecule has 2 atom stereocenters. The molecule has 0 aromatic carbocycles. The van der Waals surface area contributed by atoms with Crippen molar-refractivity contribution in [1.29, 1.82) is 0 Å². The van der Waals surface area contributed by atoms with E-state index in [9.17, 15) is 14.7 Å². The number of aliphatic hydroxyl groups is 1. The van der Waals surface area contributed by atoms with Crippen LogP contribution in [0.1, 0.15) is 65.2 Å². The van der Waals surface area contributed by atoms with Crippen molar-refractivity contribution in [2.75, 3.05) is 0 Å². The summed E-state index contributed by atoms with van der Waals surface area (Å²) in [6.45, 7) is 3.47. The van der Waals surface area contributed by atoms with Gasteiger partial charge in [0.05, 0.1) is 6.10 Å². The van der Waals surface area contributed by atoms with E-state index in [0.29, 0.717) is 6.42 Å². The minimum atomic E-state index is -1.27. The highest BCUT2D eigenvalue weighted by molar-refractivity contribution is 5.83. The molecular weight excluding hydrogens is 390 g/mol. The van der Waals surface area contributed by atoms with Gasteiger partial charge in [-0.05, 0) is 51.9 Å². The number of carbonyl (C=O) groups excluding carboxylic acids is 1. The summed E-state index contributed by atoms with van der Waals surface area (Å²) in [6.07, 6.45) is 30.7. The quantitative estimate of drug-likeness (QED) is 0.270. The van der Waals surface area contributed by atoms with E-state index in [-0.39, 0.29) is 12.3 Å². The van der Waals surface area contributed by atoms with Crippen LogP contribution in [0.5, 0.6) is 0 Å². The summed E-state index contributed by atoms with van der Waals surface area (Å²) in [5.41, 5.74) is 0. The van der Waals surface area contributed by atoms with Gasteiger partial charge in [-0.1, -0.05) is 79.8 Å². The van der Waals surface area contributed by atoms with Gasteiger partial charge in [-0.15, -0.1) is 0 Å². The van der Waals surface area contributed by atoms with Gasteiger partial charge in [0.25, 0.3) is 0 Å². The van der Waals surface area contributed by atoms with Gasteiger partial charge in [0.2, 0.25) is 5.91 Å². The first-order valence-electron chi connectivity index (χ1n) is 11.1. The average Bonchev–Trinajstić information content (AvgIpc) is 2.73. The molecule has 0 saturated heterocycles. The molecule has 0 spiro atoms. The van der Waals surface area contributed by atoms with Crippen molar-refractivity contribution >= 4 is 11.9 Å². The highest BCUT2D eigenvalue weighted by Gasteiger charge is 2.24. The van der Waals surface area contributed by atoms with E-state index in [4.69, 9.17) is 5.11 Å². The van der Waals surface area contributed by atoms with Gasteiger partial charge in [-0.3, -0.25) is 4.79 Å².